The van der Waals surface area contributed by atoms with E-state index in [1.165, 1.54) is 18.2 Å². The molecular weight excluding hydrogens is 414 g/mol. The molecule has 1 amide bonds. The van der Waals surface area contributed by atoms with Crippen molar-refractivity contribution in [2.75, 3.05) is 17.7 Å². The van der Waals surface area contributed by atoms with E-state index in [4.69, 9.17) is 14.2 Å². The maximum atomic E-state index is 12.5. The molecule has 3 aromatic rings. The Labute approximate surface area is 184 Å². The Kier molecular flexibility index (Phi) is 5.40. The molecule has 8 heteroatoms. The summed E-state index contributed by atoms with van der Waals surface area (Å²) in [5, 5.41) is 3.63. The van der Waals surface area contributed by atoms with Gasteiger partial charge in [0.05, 0.1) is 23.4 Å². The Bertz CT molecular complexity index is 1110. The minimum Gasteiger partial charge on any atom is -0.494 e. The summed E-state index contributed by atoms with van der Waals surface area (Å²) in [5.41, 5.74) is 2.44. The van der Waals surface area contributed by atoms with Gasteiger partial charge in [-0.1, -0.05) is 18.2 Å². The van der Waals surface area contributed by atoms with Gasteiger partial charge in [0.2, 0.25) is 5.91 Å². The van der Waals surface area contributed by atoms with E-state index in [1.807, 2.05) is 43.3 Å². The van der Waals surface area contributed by atoms with Gasteiger partial charge in [-0.2, -0.15) is 0 Å². The second-order valence-corrected chi connectivity index (χ2v) is 8.79. The van der Waals surface area contributed by atoms with Gasteiger partial charge in [-0.05, 0) is 44.0 Å². The Balaban J connectivity index is 1.19. The van der Waals surface area contributed by atoms with Crippen molar-refractivity contribution >= 4 is 34.4 Å². The van der Waals surface area contributed by atoms with Gasteiger partial charge in [0.25, 0.3) is 5.79 Å². The van der Waals surface area contributed by atoms with Crippen molar-refractivity contribution in [3.05, 3.63) is 36.4 Å². The number of anilines is 1. The molecule has 0 atom stereocenters. The highest BCUT2D eigenvalue weighted by atomic mass is 32.2. The summed E-state index contributed by atoms with van der Waals surface area (Å²) in [6.07, 6.45) is 5.27. The number of imidazole rings is 1. The molecule has 31 heavy (non-hydrogen) atoms. The molecule has 7 nitrogen and oxygen atoms in total. The summed E-state index contributed by atoms with van der Waals surface area (Å²) in [4.78, 5) is 20.2. The molecule has 0 saturated heterocycles. The molecule has 1 saturated carbocycles. The van der Waals surface area contributed by atoms with Crippen LogP contribution in [0.5, 0.6) is 17.2 Å². The number of benzene rings is 2. The number of ether oxygens (including phenoxy) is 3. The summed E-state index contributed by atoms with van der Waals surface area (Å²) in [6.45, 7) is 2.56. The third-order valence-electron chi connectivity index (χ3n) is 5.52. The standard InChI is InChI=1S/C23H25N3O4S/c1-2-28-16-7-8-17-18(13-16)26-22(25-17)31-14-21(27)24-15-6-9-19-20(12-15)30-23(29-19)10-4-3-5-11-23/h6-9,12-13H,2-5,10-11,14H2,1H3,(H,24,27)(H,25,26). The van der Waals surface area contributed by atoms with Crippen LogP contribution in [0.3, 0.4) is 0 Å². The third kappa shape index (κ3) is 4.30. The van der Waals surface area contributed by atoms with E-state index in [0.29, 0.717) is 23.2 Å². The third-order valence-corrected chi connectivity index (χ3v) is 6.39. The van der Waals surface area contributed by atoms with E-state index < -0.39 is 5.79 Å². The fourth-order valence-electron chi connectivity index (χ4n) is 4.09. The zero-order chi connectivity index (χ0) is 21.3. The first-order valence-corrected chi connectivity index (χ1v) is 11.7. The predicted molar refractivity (Wildman–Crippen MR) is 120 cm³/mol. The van der Waals surface area contributed by atoms with Crippen LogP contribution in [0.15, 0.2) is 41.6 Å². The quantitative estimate of drug-likeness (QED) is 0.518. The maximum Gasteiger partial charge on any atom is 0.251 e. The molecule has 1 spiro atoms. The monoisotopic (exact) mass is 439 g/mol. The van der Waals surface area contributed by atoms with Crippen LogP contribution in [0.4, 0.5) is 5.69 Å². The molecule has 2 heterocycles. The summed E-state index contributed by atoms with van der Waals surface area (Å²) in [6, 6.07) is 11.3. The minimum absolute atomic E-state index is 0.105. The number of nitrogens with zero attached hydrogens (tertiary/aromatic N) is 1. The van der Waals surface area contributed by atoms with Gasteiger partial charge in [-0.15, -0.1) is 0 Å². The SMILES string of the molecule is CCOc1ccc2nc(SCC(=O)Nc3ccc4c(c3)OC3(CCCCC3)O4)[nH]c2c1. The molecule has 2 aromatic carbocycles. The highest BCUT2D eigenvalue weighted by molar-refractivity contribution is 7.99. The number of thioether (sulfide) groups is 1. The van der Waals surface area contributed by atoms with Crippen LogP contribution >= 0.6 is 11.8 Å². The number of H-pyrrole nitrogens is 1. The van der Waals surface area contributed by atoms with Crippen LogP contribution in [-0.2, 0) is 4.79 Å². The number of hydrogen-bond donors (Lipinski definition) is 2. The first-order valence-electron chi connectivity index (χ1n) is 10.7. The van der Waals surface area contributed by atoms with Crippen LogP contribution in [0, 0.1) is 0 Å². The Hall–Kier alpha value is -2.87. The number of hydrogen-bond acceptors (Lipinski definition) is 6. The molecular formula is C23H25N3O4S. The molecule has 5 rings (SSSR count). The molecule has 0 bridgehead atoms. The molecule has 162 valence electrons. The Morgan fingerprint density at radius 1 is 1.16 bits per heavy atom. The number of aromatic amines is 1. The fourth-order valence-corrected chi connectivity index (χ4v) is 4.77. The van der Waals surface area contributed by atoms with Crippen molar-refractivity contribution in [1.82, 2.24) is 9.97 Å². The molecule has 1 aliphatic carbocycles. The normalized spacial score (nSPS) is 16.5. The maximum absolute atomic E-state index is 12.5. The van der Waals surface area contributed by atoms with Gasteiger partial charge in [-0.3, -0.25) is 4.79 Å². The highest BCUT2D eigenvalue weighted by Crippen LogP contribution is 2.46. The highest BCUT2D eigenvalue weighted by Gasteiger charge is 2.42. The van der Waals surface area contributed by atoms with E-state index in [0.717, 1.165) is 48.2 Å². The largest absolute Gasteiger partial charge is 0.494 e. The van der Waals surface area contributed by atoms with Crippen LogP contribution in [0.2, 0.25) is 0 Å². The van der Waals surface area contributed by atoms with Crippen LogP contribution < -0.4 is 19.5 Å². The number of carbonyl (C=O) groups excluding carboxylic acids is 1. The summed E-state index contributed by atoms with van der Waals surface area (Å²) < 4.78 is 17.8. The lowest BCUT2D eigenvalue weighted by atomic mass is 9.94. The number of nitrogens with one attached hydrogen (secondary N) is 2. The Morgan fingerprint density at radius 2 is 2.00 bits per heavy atom. The lowest BCUT2D eigenvalue weighted by Crippen LogP contribution is -2.40. The van der Waals surface area contributed by atoms with Gasteiger partial charge >= 0.3 is 0 Å². The molecule has 2 N–H and O–H groups in total. The number of fused-ring (bicyclic) bond motifs is 2. The average Bonchev–Trinajstić information content (AvgIpc) is 3.32. The van der Waals surface area contributed by atoms with Crippen LogP contribution in [0.25, 0.3) is 11.0 Å². The number of amides is 1. The van der Waals surface area contributed by atoms with Crippen molar-refractivity contribution in [1.29, 1.82) is 0 Å². The average molecular weight is 440 g/mol. The summed E-state index contributed by atoms with van der Waals surface area (Å²) in [5.74, 6) is 1.88. The van der Waals surface area contributed by atoms with Crippen molar-refractivity contribution < 1.29 is 19.0 Å². The summed E-state index contributed by atoms with van der Waals surface area (Å²) >= 11 is 1.36. The number of carbonyl (C=O) groups is 1. The number of aromatic nitrogens is 2. The predicted octanol–water partition coefficient (Wildman–Crippen LogP) is 5.12. The smallest absolute Gasteiger partial charge is 0.251 e. The van der Waals surface area contributed by atoms with E-state index in [2.05, 4.69) is 15.3 Å². The van der Waals surface area contributed by atoms with Gasteiger partial charge < -0.3 is 24.5 Å². The van der Waals surface area contributed by atoms with Crippen LogP contribution in [-0.4, -0.2) is 34.0 Å². The lowest BCUT2D eigenvalue weighted by molar-refractivity contribution is -0.113. The van der Waals surface area contributed by atoms with Crippen LogP contribution in [0.1, 0.15) is 39.0 Å². The van der Waals surface area contributed by atoms with Crippen molar-refractivity contribution in [3.63, 3.8) is 0 Å². The molecule has 1 aromatic heterocycles. The van der Waals surface area contributed by atoms with Crippen molar-refractivity contribution in [2.24, 2.45) is 0 Å². The van der Waals surface area contributed by atoms with E-state index in [9.17, 15) is 4.79 Å². The Morgan fingerprint density at radius 3 is 2.84 bits per heavy atom. The van der Waals surface area contributed by atoms with Crippen molar-refractivity contribution in [2.45, 2.75) is 50.0 Å². The summed E-state index contributed by atoms with van der Waals surface area (Å²) in [7, 11) is 0. The lowest BCUT2D eigenvalue weighted by Gasteiger charge is -2.31. The molecule has 0 unspecified atom stereocenters. The zero-order valence-corrected chi connectivity index (χ0v) is 18.2. The van der Waals surface area contributed by atoms with Gasteiger partial charge in [0, 0.05) is 30.7 Å². The molecule has 1 fully saturated rings. The minimum atomic E-state index is -0.512. The second kappa shape index (κ2) is 8.34. The molecule has 1 aliphatic heterocycles. The van der Waals surface area contributed by atoms with E-state index in [-0.39, 0.29) is 11.7 Å². The van der Waals surface area contributed by atoms with E-state index >= 15 is 0 Å². The topological polar surface area (TPSA) is 85.5 Å². The first kappa shape index (κ1) is 20.1. The van der Waals surface area contributed by atoms with Crippen molar-refractivity contribution in [3.8, 4) is 17.2 Å². The first-order chi connectivity index (χ1) is 15.1. The molecule has 2 aliphatic rings. The van der Waals surface area contributed by atoms with E-state index in [1.54, 1.807) is 0 Å². The zero-order valence-electron chi connectivity index (χ0n) is 17.4. The number of rotatable bonds is 6. The fraction of sp³-hybridized carbons (Fsp3) is 0.391. The molecule has 0 radical (unpaired) electrons. The van der Waals surface area contributed by atoms with Gasteiger partial charge in [-0.25, -0.2) is 4.98 Å². The van der Waals surface area contributed by atoms with Gasteiger partial charge in [0.1, 0.15) is 5.75 Å². The second-order valence-electron chi connectivity index (χ2n) is 7.83. The van der Waals surface area contributed by atoms with Gasteiger partial charge in [0.15, 0.2) is 16.7 Å².